The van der Waals surface area contributed by atoms with E-state index in [0.29, 0.717) is 0 Å². The monoisotopic (exact) mass is 345 g/mol. The van der Waals surface area contributed by atoms with E-state index in [1.54, 1.807) is 0 Å². The molecule has 2 aliphatic rings. The summed E-state index contributed by atoms with van der Waals surface area (Å²) in [5, 5.41) is 0. The third-order valence-corrected chi connectivity index (χ3v) is 6.90. The van der Waals surface area contributed by atoms with Crippen molar-refractivity contribution in [2.75, 3.05) is 30.5 Å². The summed E-state index contributed by atoms with van der Waals surface area (Å²) < 4.78 is 1.29. The summed E-state index contributed by atoms with van der Waals surface area (Å²) in [7, 11) is 4.08. The second-order valence-corrected chi connectivity index (χ2v) is 8.62. The lowest BCUT2D eigenvalue weighted by Crippen LogP contribution is -2.14. The average Bonchev–Trinajstić information content (AvgIpc) is 2.58. The number of Topliss-reactive ketones (excluding diaryl/α,β-unsaturated/α-hetero) is 1. The SMILES string of the molecule is CN(C)c1ccc(/C=C2\CCCC(=C3SCCCS3)C2=O)cc1. The number of hydrogen-bond acceptors (Lipinski definition) is 4. The zero-order valence-corrected chi connectivity index (χ0v) is 15.4. The average molecular weight is 346 g/mol. The largest absolute Gasteiger partial charge is 0.378 e. The van der Waals surface area contributed by atoms with Crippen molar-refractivity contribution >= 4 is 41.1 Å². The van der Waals surface area contributed by atoms with Crippen molar-refractivity contribution < 1.29 is 4.79 Å². The van der Waals surface area contributed by atoms with Gasteiger partial charge in [0.05, 0.1) is 0 Å². The molecular formula is C19H23NOS2. The minimum absolute atomic E-state index is 0.282. The first kappa shape index (κ1) is 16.7. The molecule has 1 saturated heterocycles. The van der Waals surface area contributed by atoms with Gasteiger partial charge in [-0.15, -0.1) is 23.5 Å². The molecule has 2 nitrogen and oxygen atoms in total. The number of carbonyl (C=O) groups excluding carboxylic acids is 1. The van der Waals surface area contributed by atoms with Gasteiger partial charge in [0.25, 0.3) is 0 Å². The first-order chi connectivity index (χ1) is 11.1. The van der Waals surface area contributed by atoms with Gasteiger partial charge in [-0.25, -0.2) is 0 Å². The number of anilines is 1. The molecule has 1 saturated carbocycles. The number of allylic oxidation sites excluding steroid dienone is 2. The molecule has 0 radical (unpaired) electrons. The summed E-state index contributed by atoms with van der Waals surface area (Å²) in [4.78, 5) is 14.9. The number of hydrogen-bond donors (Lipinski definition) is 0. The van der Waals surface area contributed by atoms with Gasteiger partial charge in [0.1, 0.15) is 0 Å². The van der Waals surface area contributed by atoms with Gasteiger partial charge in [-0.1, -0.05) is 12.1 Å². The van der Waals surface area contributed by atoms with Crippen molar-refractivity contribution in [2.24, 2.45) is 0 Å². The highest BCUT2D eigenvalue weighted by atomic mass is 32.2. The maximum atomic E-state index is 12.8. The van der Waals surface area contributed by atoms with Crippen LogP contribution in [0.2, 0.25) is 0 Å². The fourth-order valence-corrected chi connectivity index (χ4v) is 5.59. The number of nitrogens with zero attached hydrogens (tertiary/aromatic N) is 1. The molecule has 0 amide bonds. The van der Waals surface area contributed by atoms with E-state index in [0.717, 1.165) is 47.5 Å². The lowest BCUT2D eigenvalue weighted by Gasteiger charge is -2.22. The highest BCUT2D eigenvalue weighted by Crippen LogP contribution is 2.41. The third kappa shape index (κ3) is 4.04. The Kier molecular flexibility index (Phi) is 5.54. The van der Waals surface area contributed by atoms with E-state index < -0.39 is 0 Å². The van der Waals surface area contributed by atoms with Crippen molar-refractivity contribution in [3.63, 3.8) is 0 Å². The number of thioether (sulfide) groups is 2. The molecule has 0 spiro atoms. The fourth-order valence-electron chi connectivity index (χ4n) is 2.88. The quantitative estimate of drug-likeness (QED) is 0.705. The molecule has 122 valence electrons. The summed E-state index contributed by atoms with van der Waals surface area (Å²) in [6.45, 7) is 0. The highest BCUT2D eigenvalue weighted by molar-refractivity contribution is 8.22. The van der Waals surface area contributed by atoms with Crippen LogP contribution in [-0.2, 0) is 4.79 Å². The van der Waals surface area contributed by atoms with E-state index in [1.165, 1.54) is 16.3 Å². The Morgan fingerprint density at radius 2 is 1.70 bits per heavy atom. The van der Waals surface area contributed by atoms with Crippen molar-refractivity contribution in [1.82, 2.24) is 0 Å². The molecule has 0 aromatic heterocycles. The molecule has 23 heavy (non-hydrogen) atoms. The molecule has 0 N–H and O–H groups in total. The van der Waals surface area contributed by atoms with Crippen LogP contribution < -0.4 is 4.90 Å². The second-order valence-electron chi connectivity index (χ2n) is 6.15. The molecule has 0 atom stereocenters. The van der Waals surface area contributed by atoms with Gasteiger partial charge in [-0.3, -0.25) is 4.79 Å². The van der Waals surface area contributed by atoms with Crippen LogP contribution in [-0.4, -0.2) is 31.4 Å². The van der Waals surface area contributed by atoms with Crippen molar-refractivity contribution in [3.8, 4) is 0 Å². The maximum absolute atomic E-state index is 12.8. The van der Waals surface area contributed by atoms with Gasteiger partial charge in [-0.05, 0) is 61.0 Å². The number of rotatable bonds is 2. The Labute approximate surface area is 147 Å². The van der Waals surface area contributed by atoms with Crippen LogP contribution in [0.15, 0.2) is 39.6 Å². The lowest BCUT2D eigenvalue weighted by atomic mass is 9.88. The van der Waals surface area contributed by atoms with Crippen LogP contribution in [0.4, 0.5) is 5.69 Å². The minimum atomic E-state index is 0.282. The Morgan fingerprint density at radius 1 is 1.00 bits per heavy atom. The number of benzene rings is 1. The normalized spacial score (nSPS) is 21.0. The molecule has 3 rings (SSSR count). The van der Waals surface area contributed by atoms with Gasteiger partial charge in [0.2, 0.25) is 0 Å². The third-order valence-electron chi connectivity index (χ3n) is 4.19. The zero-order valence-electron chi connectivity index (χ0n) is 13.8. The summed E-state index contributed by atoms with van der Waals surface area (Å²) in [6.07, 6.45) is 6.28. The predicted octanol–water partition coefficient (Wildman–Crippen LogP) is 4.97. The molecule has 1 aliphatic heterocycles. The Balaban J connectivity index is 1.82. The van der Waals surface area contributed by atoms with E-state index >= 15 is 0 Å². The smallest absolute Gasteiger partial charge is 0.186 e. The molecule has 1 aromatic carbocycles. The first-order valence-corrected chi connectivity index (χ1v) is 10.1. The predicted molar refractivity (Wildman–Crippen MR) is 104 cm³/mol. The van der Waals surface area contributed by atoms with E-state index in [2.05, 4.69) is 35.2 Å². The summed E-state index contributed by atoms with van der Waals surface area (Å²) >= 11 is 3.75. The van der Waals surface area contributed by atoms with Gasteiger partial charge in [0, 0.05) is 35.2 Å². The van der Waals surface area contributed by atoms with Crippen LogP contribution in [0.3, 0.4) is 0 Å². The zero-order chi connectivity index (χ0) is 16.2. The number of ketones is 1. The van der Waals surface area contributed by atoms with E-state index in [9.17, 15) is 4.79 Å². The Bertz CT molecular complexity index is 636. The van der Waals surface area contributed by atoms with Crippen LogP contribution in [0.1, 0.15) is 31.2 Å². The van der Waals surface area contributed by atoms with Gasteiger partial charge < -0.3 is 4.90 Å². The Hall–Kier alpha value is -1.13. The molecule has 1 aromatic rings. The molecule has 4 heteroatoms. The van der Waals surface area contributed by atoms with Gasteiger partial charge >= 0.3 is 0 Å². The van der Waals surface area contributed by atoms with Crippen LogP contribution in [0.5, 0.6) is 0 Å². The minimum Gasteiger partial charge on any atom is -0.378 e. The molecule has 2 fully saturated rings. The second kappa shape index (κ2) is 7.63. The van der Waals surface area contributed by atoms with Crippen LogP contribution >= 0.6 is 23.5 Å². The molecule has 1 heterocycles. The van der Waals surface area contributed by atoms with Gasteiger partial charge in [0.15, 0.2) is 5.78 Å². The van der Waals surface area contributed by atoms with E-state index in [1.807, 2.05) is 37.6 Å². The topological polar surface area (TPSA) is 20.3 Å². The standard InChI is InChI=1S/C19H23NOS2/c1-20(2)16-9-7-14(8-10-16)13-15-5-3-6-17(18(15)21)19-22-11-4-12-23-19/h7-10,13H,3-6,11-12H2,1-2H3/b15-13+. The Morgan fingerprint density at radius 3 is 2.35 bits per heavy atom. The van der Waals surface area contributed by atoms with Crippen molar-refractivity contribution in [1.29, 1.82) is 0 Å². The summed E-state index contributed by atoms with van der Waals surface area (Å²) in [5.74, 6) is 2.60. The van der Waals surface area contributed by atoms with E-state index in [4.69, 9.17) is 0 Å². The maximum Gasteiger partial charge on any atom is 0.186 e. The number of carbonyl (C=O) groups is 1. The summed E-state index contributed by atoms with van der Waals surface area (Å²) in [6, 6.07) is 8.40. The first-order valence-electron chi connectivity index (χ1n) is 8.16. The van der Waals surface area contributed by atoms with E-state index in [-0.39, 0.29) is 5.78 Å². The lowest BCUT2D eigenvalue weighted by molar-refractivity contribution is -0.112. The molecule has 1 aliphatic carbocycles. The summed E-state index contributed by atoms with van der Waals surface area (Å²) in [5.41, 5.74) is 4.35. The van der Waals surface area contributed by atoms with Crippen LogP contribution in [0, 0.1) is 0 Å². The molecule has 0 unspecified atom stereocenters. The van der Waals surface area contributed by atoms with Crippen LogP contribution in [0.25, 0.3) is 6.08 Å². The van der Waals surface area contributed by atoms with Gasteiger partial charge in [-0.2, -0.15) is 0 Å². The van der Waals surface area contributed by atoms with Crippen molar-refractivity contribution in [3.05, 3.63) is 45.2 Å². The van der Waals surface area contributed by atoms with Crippen molar-refractivity contribution in [2.45, 2.75) is 25.7 Å². The molecular weight excluding hydrogens is 322 g/mol. The molecule has 0 bridgehead atoms. The fraction of sp³-hybridized carbons (Fsp3) is 0.421. The highest BCUT2D eigenvalue weighted by Gasteiger charge is 2.25.